The molecule has 1 aliphatic carbocycles. The van der Waals surface area contributed by atoms with Gasteiger partial charge in [0.1, 0.15) is 0 Å². The Morgan fingerprint density at radius 2 is 2.00 bits per heavy atom. The van der Waals surface area contributed by atoms with Gasteiger partial charge in [-0.05, 0) is 48.3 Å². The second-order valence-corrected chi connectivity index (χ2v) is 6.96. The van der Waals surface area contributed by atoms with Crippen LogP contribution in [-0.2, 0) is 5.54 Å². The SMILES string of the molecule is CC1CC(C)(C)CC(N)(c2cccc(Cl)c2)C1. The third-order valence-corrected chi connectivity index (χ3v) is 4.04. The Morgan fingerprint density at radius 3 is 2.59 bits per heavy atom. The molecule has 1 nitrogen and oxygen atoms in total. The van der Waals surface area contributed by atoms with Crippen LogP contribution in [0.4, 0.5) is 0 Å². The molecule has 0 heterocycles. The van der Waals surface area contributed by atoms with E-state index in [1.165, 1.54) is 12.0 Å². The van der Waals surface area contributed by atoms with Crippen molar-refractivity contribution in [3.63, 3.8) is 0 Å². The molecule has 1 fully saturated rings. The Balaban J connectivity index is 2.35. The highest BCUT2D eigenvalue weighted by atomic mass is 35.5. The Morgan fingerprint density at radius 1 is 1.29 bits per heavy atom. The summed E-state index contributed by atoms with van der Waals surface area (Å²) in [5, 5.41) is 0.781. The lowest BCUT2D eigenvalue weighted by Crippen LogP contribution is -2.46. The molecule has 1 aromatic carbocycles. The third-order valence-electron chi connectivity index (χ3n) is 3.81. The molecule has 0 saturated heterocycles. The van der Waals surface area contributed by atoms with Crippen LogP contribution in [0, 0.1) is 11.3 Å². The lowest BCUT2D eigenvalue weighted by atomic mass is 9.62. The van der Waals surface area contributed by atoms with Crippen LogP contribution in [-0.4, -0.2) is 0 Å². The summed E-state index contributed by atoms with van der Waals surface area (Å²) in [6, 6.07) is 8.04. The lowest BCUT2D eigenvalue weighted by Gasteiger charge is -2.46. The minimum Gasteiger partial charge on any atom is -0.321 e. The normalized spacial score (nSPS) is 32.4. The van der Waals surface area contributed by atoms with Crippen molar-refractivity contribution in [1.82, 2.24) is 0 Å². The van der Waals surface area contributed by atoms with Crippen molar-refractivity contribution in [2.75, 3.05) is 0 Å². The molecule has 2 atom stereocenters. The van der Waals surface area contributed by atoms with Crippen LogP contribution < -0.4 is 5.73 Å². The zero-order valence-corrected chi connectivity index (χ0v) is 11.7. The second-order valence-electron chi connectivity index (χ2n) is 6.52. The predicted octanol–water partition coefficient (Wildman–Crippen LogP) is 4.34. The van der Waals surface area contributed by atoms with E-state index in [2.05, 4.69) is 26.8 Å². The van der Waals surface area contributed by atoms with Crippen LogP contribution in [0.25, 0.3) is 0 Å². The third kappa shape index (κ3) is 2.83. The summed E-state index contributed by atoms with van der Waals surface area (Å²) in [5.74, 6) is 0.669. The highest BCUT2D eigenvalue weighted by Gasteiger charge is 2.41. The Labute approximate surface area is 109 Å². The van der Waals surface area contributed by atoms with Crippen LogP contribution in [0.2, 0.25) is 5.02 Å². The Hall–Kier alpha value is -0.530. The second kappa shape index (κ2) is 4.29. The van der Waals surface area contributed by atoms with Gasteiger partial charge >= 0.3 is 0 Å². The van der Waals surface area contributed by atoms with Gasteiger partial charge in [-0.15, -0.1) is 0 Å². The number of nitrogens with two attached hydrogens (primary N) is 1. The molecule has 0 aliphatic heterocycles. The number of hydrogen-bond acceptors (Lipinski definition) is 1. The van der Waals surface area contributed by atoms with Crippen LogP contribution >= 0.6 is 11.6 Å². The van der Waals surface area contributed by atoms with Gasteiger partial charge in [0.2, 0.25) is 0 Å². The largest absolute Gasteiger partial charge is 0.321 e. The van der Waals surface area contributed by atoms with E-state index in [-0.39, 0.29) is 5.54 Å². The highest BCUT2D eigenvalue weighted by Crippen LogP contribution is 2.47. The fraction of sp³-hybridized carbons (Fsp3) is 0.600. The first kappa shape index (κ1) is 12.9. The highest BCUT2D eigenvalue weighted by molar-refractivity contribution is 6.30. The quantitative estimate of drug-likeness (QED) is 0.790. The van der Waals surface area contributed by atoms with Gasteiger partial charge in [0.15, 0.2) is 0 Å². The van der Waals surface area contributed by atoms with Gasteiger partial charge in [0.05, 0.1) is 0 Å². The number of hydrogen-bond donors (Lipinski definition) is 1. The van der Waals surface area contributed by atoms with Crippen molar-refractivity contribution in [3.8, 4) is 0 Å². The van der Waals surface area contributed by atoms with E-state index < -0.39 is 0 Å². The monoisotopic (exact) mass is 251 g/mol. The summed E-state index contributed by atoms with van der Waals surface area (Å²) < 4.78 is 0. The van der Waals surface area contributed by atoms with Gasteiger partial charge in [0.25, 0.3) is 0 Å². The zero-order valence-electron chi connectivity index (χ0n) is 11.0. The molecule has 0 bridgehead atoms. The fourth-order valence-electron chi connectivity index (χ4n) is 3.65. The fourth-order valence-corrected chi connectivity index (χ4v) is 3.84. The van der Waals surface area contributed by atoms with E-state index in [0.29, 0.717) is 11.3 Å². The maximum atomic E-state index is 6.66. The first-order valence-electron chi connectivity index (χ1n) is 6.36. The molecule has 17 heavy (non-hydrogen) atoms. The summed E-state index contributed by atoms with van der Waals surface area (Å²) >= 11 is 6.08. The van der Waals surface area contributed by atoms with Crippen LogP contribution in [0.5, 0.6) is 0 Å². The summed E-state index contributed by atoms with van der Waals surface area (Å²) in [7, 11) is 0. The first-order chi connectivity index (χ1) is 7.81. The molecule has 1 aliphatic rings. The van der Waals surface area contributed by atoms with E-state index in [4.69, 9.17) is 17.3 Å². The molecule has 0 spiro atoms. The van der Waals surface area contributed by atoms with Gasteiger partial charge in [-0.2, -0.15) is 0 Å². The van der Waals surface area contributed by atoms with Crippen molar-refractivity contribution >= 4 is 11.6 Å². The molecule has 0 aromatic heterocycles. The van der Waals surface area contributed by atoms with Crippen molar-refractivity contribution in [2.24, 2.45) is 17.1 Å². The van der Waals surface area contributed by atoms with E-state index in [1.807, 2.05) is 18.2 Å². The lowest BCUT2D eigenvalue weighted by molar-refractivity contribution is 0.107. The first-order valence-corrected chi connectivity index (χ1v) is 6.74. The van der Waals surface area contributed by atoms with Crippen LogP contribution in [0.3, 0.4) is 0 Å². The smallest absolute Gasteiger partial charge is 0.0417 e. The maximum Gasteiger partial charge on any atom is 0.0417 e. The molecule has 0 radical (unpaired) electrons. The standard InChI is InChI=1S/C15H22ClN/c1-11-8-14(2,3)10-15(17,9-11)12-5-4-6-13(16)7-12/h4-7,11H,8-10,17H2,1-3H3. The molecule has 2 N–H and O–H groups in total. The predicted molar refractivity (Wildman–Crippen MR) is 74.1 cm³/mol. The molecule has 0 amide bonds. The minimum atomic E-state index is -0.216. The molecule has 2 heteroatoms. The van der Waals surface area contributed by atoms with Crippen molar-refractivity contribution in [3.05, 3.63) is 34.9 Å². The molecule has 2 rings (SSSR count). The number of rotatable bonds is 1. The number of benzene rings is 1. The van der Waals surface area contributed by atoms with Crippen molar-refractivity contribution < 1.29 is 0 Å². The molecule has 94 valence electrons. The maximum absolute atomic E-state index is 6.66. The van der Waals surface area contributed by atoms with Crippen molar-refractivity contribution in [2.45, 2.75) is 45.6 Å². The zero-order chi connectivity index (χ0) is 12.7. The molecule has 1 saturated carbocycles. The van der Waals surface area contributed by atoms with E-state index >= 15 is 0 Å². The Bertz CT molecular complexity index is 413. The summed E-state index contributed by atoms with van der Waals surface area (Å²) in [5.41, 5.74) is 7.94. The van der Waals surface area contributed by atoms with Crippen LogP contribution in [0.15, 0.2) is 24.3 Å². The molecular formula is C15H22ClN. The van der Waals surface area contributed by atoms with E-state index in [9.17, 15) is 0 Å². The van der Waals surface area contributed by atoms with E-state index in [1.54, 1.807) is 0 Å². The van der Waals surface area contributed by atoms with Gasteiger partial charge in [-0.25, -0.2) is 0 Å². The molecular weight excluding hydrogens is 230 g/mol. The number of halogens is 1. The van der Waals surface area contributed by atoms with Gasteiger partial charge in [-0.3, -0.25) is 0 Å². The van der Waals surface area contributed by atoms with Crippen molar-refractivity contribution in [1.29, 1.82) is 0 Å². The minimum absolute atomic E-state index is 0.216. The van der Waals surface area contributed by atoms with Crippen LogP contribution in [0.1, 0.15) is 45.6 Å². The van der Waals surface area contributed by atoms with Gasteiger partial charge in [-0.1, -0.05) is 44.5 Å². The summed E-state index contributed by atoms with van der Waals surface area (Å²) in [4.78, 5) is 0. The summed E-state index contributed by atoms with van der Waals surface area (Å²) in [6.45, 7) is 6.93. The molecule has 1 aromatic rings. The van der Waals surface area contributed by atoms with Gasteiger partial charge < -0.3 is 5.73 Å². The average Bonchev–Trinajstić information content (AvgIpc) is 2.13. The van der Waals surface area contributed by atoms with Gasteiger partial charge in [0, 0.05) is 10.6 Å². The summed E-state index contributed by atoms with van der Waals surface area (Å²) in [6.07, 6.45) is 3.34. The van der Waals surface area contributed by atoms with E-state index in [0.717, 1.165) is 17.9 Å². The molecule has 2 unspecified atom stereocenters. The Kier molecular flexibility index (Phi) is 3.26. The average molecular weight is 252 g/mol. The topological polar surface area (TPSA) is 26.0 Å².